The zero-order valence-electron chi connectivity index (χ0n) is 25.5. The van der Waals surface area contributed by atoms with E-state index in [0.717, 1.165) is 55.8 Å². The molecule has 7 aromatic carbocycles. The van der Waals surface area contributed by atoms with E-state index in [1.54, 1.807) is 0 Å². The molecule has 220 valence electrons. The summed E-state index contributed by atoms with van der Waals surface area (Å²) >= 11 is 0. The molecule has 9 rings (SSSR count). The minimum Gasteiger partial charge on any atom is -0.456 e. The van der Waals surface area contributed by atoms with Crippen LogP contribution in [0.2, 0.25) is 0 Å². The molecule has 0 spiro atoms. The lowest BCUT2D eigenvalue weighted by molar-refractivity contribution is 0.669. The van der Waals surface area contributed by atoms with Crippen LogP contribution in [0.25, 0.3) is 88.9 Å². The fourth-order valence-corrected chi connectivity index (χ4v) is 6.44. The topological polar surface area (TPSA) is 38.9 Å². The fourth-order valence-electron chi connectivity index (χ4n) is 6.44. The first-order valence-electron chi connectivity index (χ1n) is 15.8. The Hall–Kier alpha value is -6.32. The molecule has 3 nitrogen and oxygen atoms in total. The molecule has 0 aliphatic rings. The monoisotopic (exact) mass is 600 g/mol. The second kappa shape index (κ2) is 11.2. The molecule has 9 aromatic rings. The largest absolute Gasteiger partial charge is 0.456 e. The molecule has 0 amide bonds. The third-order valence-electron chi connectivity index (χ3n) is 8.87. The predicted molar refractivity (Wildman–Crippen MR) is 194 cm³/mol. The standard InChI is InChI=1S/C44H28N2O/c1-3-10-29(11-4-1)40-28-41(46-44(45-40)30-12-5-2-6-13-30)37-21-20-34-25-33(18-19-35(34)26-37)31-14-9-15-32(24-31)36-22-23-43-39(27-36)38-16-7-8-17-42(38)47-43/h1-28H. The van der Waals surface area contributed by atoms with Gasteiger partial charge in [0.2, 0.25) is 0 Å². The zero-order chi connectivity index (χ0) is 31.2. The number of fused-ring (bicyclic) bond motifs is 4. The van der Waals surface area contributed by atoms with Crippen molar-refractivity contribution in [2.75, 3.05) is 0 Å². The van der Waals surface area contributed by atoms with E-state index in [-0.39, 0.29) is 0 Å². The van der Waals surface area contributed by atoms with Gasteiger partial charge in [-0.05, 0) is 75.5 Å². The predicted octanol–water partition coefficient (Wildman–Crippen LogP) is 11.9. The van der Waals surface area contributed by atoms with Gasteiger partial charge in [0, 0.05) is 27.5 Å². The van der Waals surface area contributed by atoms with Gasteiger partial charge in [-0.1, -0.05) is 127 Å². The number of benzene rings is 7. The summed E-state index contributed by atoms with van der Waals surface area (Å²) < 4.78 is 6.06. The van der Waals surface area contributed by atoms with Gasteiger partial charge in [-0.25, -0.2) is 9.97 Å². The lowest BCUT2D eigenvalue weighted by atomic mass is 9.96. The number of rotatable bonds is 5. The van der Waals surface area contributed by atoms with Crippen LogP contribution in [0.4, 0.5) is 0 Å². The molecule has 0 radical (unpaired) electrons. The van der Waals surface area contributed by atoms with Crippen molar-refractivity contribution in [2.45, 2.75) is 0 Å². The van der Waals surface area contributed by atoms with Crippen molar-refractivity contribution >= 4 is 32.7 Å². The third-order valence-corrected chi connectivity index (χ3v) is 8.87. The Labute approximate surface area is 272 Å². The van der Waals surface area contributed by atoms with Gasteiger partial charge >= 0.3 is 0 Å². The van der Waals surface area contributed by atoms with Gasteiger partial charge in [0.05, 0.1) is 11.4 Å². The highest BCUT2D eigenvalue weighted by molar-refractivity contribution is 6.06. The number of furan rings is 1. The lowest BCUT2D eigenvalue weighted by Crippen LogP contribution is -1.95. The highest BCUT2D eigenvalue weighted by Gasteiger charge is 2.12. The third kappa shape index (κ3) is 5.04. The second-order valence-electron chi connectivity index (χ2n) is 11.9. The Morgan fingerprint density at radius 1 is 0.319 bits per heavy atom. The maximum absolute atomic E-state index is 6.06. The molecule has 0 atom stereocenters. The number of nitrogens with zero attached hydrogens (tertiary/aromatic N) is 2. The minimum absolute atomic E-state index is 0.720. The van der Waals surface area contributed by atoms with Gasteiger partial charge in [0.25, 0.3) is 0 Å². The molecular weight excluding hydrogens is 572 g/mol. The molecule has 3 heteroatoms. The molecule has 0 aliphatic heterocycles. The summed E-state index contributed by atoms with van der Waals surface area (Å²) in [4.78, 5) is 9.97. The maximum atomic E-state index is 6.06. The first kappa shape index (κ1) is 27.0. The summed E-state index contributed by atoms with van der Waals surface area (Å²) in [6.07, 6.45) is 0. The van der Waals surface area contributed by atoms with Gasteiger partial charge in [-0.15, -0.1) is 0 Å². The van der Waals surface area contributed by atoms with Crippen molar-refractivity contribution in [3.05, 3.63) is 170 Å². The van der Waals surface area contributed by atoms with Crippen LogP contribution >= 0.6 is 0 Å². The lowest BCUT2D eigenvalue weighted by Gasteiger charge is -2.11. The average molecular weight is 601 g/mol. The van der Waals surface area contributed by atoms with Crippen molar-refractivity contribution in [3.8, 4) is 56.2 Å². The van der Waals surface area contributed by atoms with Crippen molar-refractivity contribution in [1.29, 1.82) is 0 Å². The molecule has 0 aliphatic carbocycles. The van der Waals surface area contributed by atoms with Crippen LogP contribution in [0, 0.1) is 0 Å². The Balaban J connectivity index is 1.08. The van der Waals surface area contributed by atoms with E-state index in [1.165, 1.54) is 33.0 Å². The quantitative estimate of drug-likeness (QED) is 0.197. The molecule has 47 heavy (non-hydrogen) atoms. The van der Waals surface area contributed by atoms with E-state index in [9.17, 15) is 0 Å². The van der Waals surface area contributed by atoms with Crippen molar-refractivity contribution < 1.29 is 4.42 Å². The van der Waals surface area contributed by atoms with Gasteiger partial charge in [-0.3, -0.25) is 0 Å². The van der Waals surface area contributed by atoms with Gasteiger partial charge in [0.1, 0.15) is 11.2 Å². The van der Waals surface area contributed by atoms with Gasteiger partial charge in [0.15, 0.2) is 5.82 Å². The highest BCUT2D eigenvalue weighted by atomic mass is 16.3. The molecule has 2 heterocycles. The fraction of sp³-hybridized carbons (Fsp3) is 0. The summed E-state index contributed by atoms with van der Waals surface area (Å²) in [5, 5.41) is 4.63. The summed E-state index contributed by atoms with van der Waals surface area (Å²) in [7, 11) is 0. The van der Waals surface area contributed by atoms with Crippen LogP contribution in [-0.4, -0.2) is 9.97 Å². The van der Waals surface area contributed by atoms with E-state index in [1.807, 2.05) is 48.5 Å². The van der Waals surface area contributed by atoms with E-state index in [4.69, 9.17) is 14.4 Å². The van der Waals surface area contributed by atoms with Crippen LogP contribution in [-0.2, 0) is 0 Å². The average Bonchev–Trinajstić information content (AvgIpc) is 3.53. The van der Waals surface area contributed by atoms with Crippen molar-refractivity contribution in [2.24, 2.45) is 0 Å². The van der Waals surface area contributed by atoms with E-state index in [2.05, 4.69) is 121 Å². The Bertz CT molecular complexity index is 2510. The van der Waals surface area contributed by atoms with Crippen LogP contribution in [0.5, 0.6) is 0 Å². The number of para-hydroxylation sites is 1. The van der Waals surface area contributed by atoms with Crippen LogP contribution in [0.1, 0.15) is 0 Å². The Morgan fingerprint density at radius 3 is 1.62 bits per heavy atom. The highest BCUT2D eigenvalue weighted by Crippen LogP contribution is 2.35. The van der Waals surface area contributed by atoms with E-state index in [0.29, 0.717) is 0 Å². The number of aromatic nitrogens is 2. The molecule has 2 aromatic heterocycles. The van der Waals surface area contributed by atoms with Crippen molar-refractivity contribution in [1.82, 2.24) is 9.97 Å². The second-order valence-corrected chi connectivity index (χ2v) is 11.9. The summed E-state index contributed by atoms with van der Waals surface area (Å²) in [5.41, 5.74) is 11.5. The number of hydrogen-bond acceptors (Lipinski definition) is 3. The van der Waals surface area contributed by atoms with E-state index >= 15 is 0 Å². The molecule has 0 saturated heterocycles. The molecular formula is C44H28N2O. The van der Waals surface area contributed by atoms with E-state index < -0.39 is 0 Å². The summed E-state index contributed by atoms with van der Waals surface area (Å²) in [5.74, 6) is 0.720. The molecule has 0 fully saturated rings. The molecule has 0 N–H and O–H groups in total. The smallest absolute Gasteiger partial charge is 0.160 e. The maximum Gasteiger partial charge on any atom is 0.160 e. The van der Waals surface area contributed by atoms with Gasteiger partial charge in [-0.2, -0.15) is 0 Å². The van der Waals surface area contributed by atoms with Crippen molar-refractivity contribution in [3.63, 3.8) is 0 Å². The summed E-state index contributed by atoms with van der Waals surface area (Å²) in [6.45, 7) is 0. The first-order valence-corrected chi connectivity index (χ1v) is 15.8. The van der Waals surface area contributed by atoms with Crippen LogP contribution in [0.15, 0.2) is 174 Å². The Kier molecular flexibility index (Phi) is 6.46. The first-order chi connectivity index (χ1) is 23.2. The summed E-state index contributed by atoms with van der Waals surface area (Å²) in [6, 6.07) is 59.3. The van der Waals surface area contributed by atoms with Crippen LogP contribution < -0.4 is 0 Å². The minimum atomic E-state index is 0.720. The molecule has 0 bridgehead atoms. The SMILES string of the molecule is c1ccc(-c2cc(-c3ccc4cc(-c5cccc(-c6ccc7oc8ccccc8c7c6)c5)ccc4c3)nc(-c3ccccc3)n2)cc1. The Morgan fingerprint density at radius 2 is 0.851 bits per heavy atom. The number of hydrogen-bond donors (Lipinski definition) is 0. The molecule has 0 saturated carbocycles. The normalized spacial score (nSPS) is 11.4. The van der Waals surface area contributed by atoms with Crippen LogP contribution in [0.3, 0.4) is 0 Å². The van der Waals surface area contributed by atoms with Gasteiger partial charge < -0.3 is 4.42 Å². The zero-order valence-corrected chi connectivity index (χ0v) is 25.5. The molecule has 0 unspecified atom stereocenters.